The smallest absolute Gasteiger partial charge is 0.214 e. The van der Waals surface area contributed by atoms with E-state index in [1.54, 1.807) is 24.3 Å². The van der Waals surface area contributed by atoms with Gasteiger partial charge in [-0.3, -0.25) is 0 Å². The van der Waals surface area contributed by atoms with Crippen molar-refractivity contribution in [2.75, 3.05) is 0 Å². The van der Waals surface area contributed by atoms with Crippen LogP contribution in [0.2, 0.25) is 0 Å². The molecule has 2 aliphatic rings. The summed E-state index contributed by atoms with van der Waals surface area (Å²) in [4.78, 5) is 46.8. The van der Waals surface area contributed by atoms with Gasteiger partial charge in [-0.15, -0.1) is 0 Å². The summed E-state index contributed by atoms with van der Waals surface area (Å²) in [6.45, 7) is 0. The van der Waals surface area contributed by atoms with E-state index in [0.29, 0.717) is 42.8 Å². The molecule has 0 spiro atoms. The van der Waals surface area contributed by atoms with Crippen LogP contribution < -0.4 is 0 Å². The molecule has 0 fully saturated rings. The Morgan fingerprint density at radius 2 is 1.10 bits per heavy atom. The van der Waals surface area contributed by atoms with Crippen molar-refractivity contribution in [2.45, 2.75) is 12.8 Å². The molecule has 2 aliphatic heterocycles. The number of amides is 2. The molecule has 0 N–H and O–H groups in total. The first-order valence-corrected chi connectivity index (χ1v) is 6.15. The predicted molar refractivity (Wildman–Crippen MR) is 67.9 cm³/mol. The highest BCUT2D eigenvalue weighted by atomic mass is 16.3. The molecule has 0 atom stereocenters. The second-order valence-electron chi connectivity index (χ2n) is 4.97. The van der Waals surface area contributed by atoms with Crippen LogP contribution in [0.5, 0.6) is 0 Å². The number of nitrogens with zero attached hydrogens (tertiary/aromatic N) is 2. The first-order chi connectivity index (χ1) is 9.58. The summed E-state index contributed by atoms with van der Waals surface area (Å²) in [6, 6.07) is 6.74. The van der Waals surface area contributed by atoms with Crippen molar-refractivity contribution < 1.29 is 19.1 Å². The molecule has 0 aromatic heterocycles. The Morgan fingerprint density at radius 1 is 0.700 bits per heavy atom. The van der Waals surface area contributed by atoms with E-state index >= 15 is 0 Å². The van der Waals surface area contributed by atoms with Crippen molar-refractivity contribution >= 4 is 34.0 Å². The monoisotopic (exact) mass is 268 g/mol. The highest BCUT2D eigenvalue weighted by Crippen LogP contribution is 2.41. The topological polar surface area (TPSA) is 74.3 Å². The molecule has 0 bridgehead atoms. The molecule has 6 heteroatoms. The van der Waals surface area contributed by atoms with Gasteiger partial charge in [-0.05, 0) is 12.1 Å². The average Bonchev–Trinajstić information content (AvgIpc) is 2.88. The molecule has 0 aliphatic carbocycles. The van der Waals surface area contributed by atoms with Gasteiger partial charge in [0.05, 0.1) is 10.8 Å². The van der Waals surface area contributed by atoms with E-state index in [9.17, 15) is 19.4 Å². The number of carbonyl (C=O) groups excluding carboxylic acids is 2. The van der Waals surface area contributed by atoms with Crippen LogP contribution in [0.1, 0.15) is 11.1 Å². The number of benzene rings is 2. The Morgan fingerprint density at radius 3 is 1.50 bits per heavy atom. The van der Waals surface area contributed by atoms with Crippen molar-refractivity contribution in [2.24, 2.45) is 0 Å². The lowest BCUT2D eigenvalue weighted by atomic mass is 10.00. The number of fused-ring (bicyclic) bond motifs is 5. The van der Waals surface area contributed by atoms with E-state index in [2.05, 4.69) is 0 Å². The zero-order valence-electron chi connectivity index (χ0n) is 10.3. The minimum absolute atomic E-state index is 0.0753. The second kappa shape index (κ2) is 3.41. The predicted octanol–water partition coefficient (Wildman–Crippen LogP) is 1.83. The summed E-state index contributed by atoms with van der Waals surface area (Å²) in [5.41, 5.74) is 1.89. The molecule has 0 saturated carbocycles. The molecular weight excluding hydrogens is 260 g/mol. The van der Waals surface area contributed by atoms with Gasteiger partial charge in [0, 0.05) is 20.9 Å². The van der Waals surface area contributed by atoms with Crippen LogP contribution in [0, 0.1) is 9.81 Å². The average molecular weight is 268 g/mol. The van der Waals surface area contributed by atoms with Gasteiger partial charge in [-0.2, -0.15) is 0 Å². The number of nitroso groups, excluding NO2 is 2. The lowest BCUT2D eigenvalue weighted by Gasteiger charge is -1.99. The van der Waals surface area contributed by atoms with Crippen LogP contribution in [0.25, 0.3) is 10.8 Å². The third kappa shape index (κ3) is 1.18. The first kappa shape index (κ1) is 11.1. The van der Waals surface area contributed by atoms with Crippen molar-refractivity contribution in [1.29, 1.82) is 0 Å². The summed E-state index contributed by atoms with van der Waals surface area (Å²) in [5.74, 6) is -1.02. The van der Waals surface area contributed by atoms with Crippen molar-refractivity contribution in [3.05, 3.63) is 45.2 Å². The van der Waals surface area contributed by atoms with Gasteiger partial charge >= 0.3 is 11.8 Å². The molecule has 96 valence electrons. The summed E-state index contributed by atoms with van der Waals surface area (Å²) < 4.78 is 0.742. The lowest BCUT2D eigenvalue weighted by Crippen LogP contribution is -2.06. The van der Waals surface area contributed by atoms with Crippen LogP contribution in [-0.4, -0.2) is 21.3 Å². The largest absolute Gasteiger partial charge is 0.444 e. The van der Waals surface area contributed by atoms with Crippen LogP contribution in [0.3, 0.4) is 0 Å². The zero-order valence-corrected chi connectivity index (χ0v) is 10.3. The molecule has 2 aromatic rings. The van der Waals surface area contributed by atoms with E-state index in [1.165, 1.54) is 0 Å². The van der Waals surface area contributed by atoms with Crippen molar-refractivity contribution in [1.82, 2.24) is 0 Å². The maximum absolute atomic E-state index is 11.9. The van der Waals surface area contributed by atoms with Crippen molar-refractivity contribution in [3.63, 3.8) is 0 Å². The SMILES string of the molecule is O=C1Cc2ccc3c4c(ccc3c2[N+]1=O)CC(=O)[N+]4=O. The molecule has 2 amide bonds. The third-order valence-electron chi connectivity index (χ3n) is 3.85. The zero-order chi connectivity index (χ0) is 14.0. The molecule has 0 radical (unpaired) electrons. The summed E-state index contributed by atoms with van der Waals surface area (Å²) in [6.07, 6.45) is 0.151. The Kier molecular flexibility index (Phi) is 1.89. The maximum Gasteiger partial charge on any atom is 0.444 e. The lowest BCUT2D eigenvalue weighted by molar-refractivity contribution is -0.379. The van der Waals surface area contributed by atoms with E-state index in [4.69, 9.17) is 0 Å². The molecule has 4 rings (SSSR count). The Labute approximate surface area is 112 Å². The minimum atomic E-state index is -0.511. The van der Waals surface area contributed by atoms with Crippen LogP contribution in [-0.2, 0) is 22.4 Å². The van der Waals surface area contributed by atoms with Gasteiger partial charge in [0.2, 0.25) is 0 Å². The van der Waals surface area contributed by atoms with Crippen LogP contribution in [0.15, 0.2) is 24.3 Å². The molecule has 6 nitrogen and oxygen atoms in total. The van der Waals surface area contributed by atoms with E-state index in [1.807, 2.05) is 0 Å². The maximum atomic E-state index is 11.9. The third-order valence-corrected chi connectivity index (χ3v) is 3.85. The fraction of sp³-hybridized carbons (Fsp3) is 0.143. The standard InChI is InChI=1S/C14H8N2O4/c17-11-5-7-1-3-9-10(13(7)15(11)19)4-2-8-6-12(18)16(20)14(8)9/h1-4H,5-6H2/q+2. The van der Waals surface area contributed by atoms with Gasteiger partial charge in [-0.1, -0.05) is 12.1 Å². The molecule has 2 aromatic carbocycles. The fourth-order valence-corrected chi connectivity index (χ4v) is 2.95. The van der Waals surface area contributed by atoms with Gasteiger partial charge in [0.15, 0.2) is 0 Å². The fourth-order valence-electron chi connectivity index (χ4n) is 2.95. The van der Waals surface area contributed by atoms with Gasteiger partial charge in [-0.25, -0.2) is 9.59 Å². The van der Waals surface area contributed by atoms with Crippen LogP contribution >= 0.6 is 0 Å². The second-order valence-corrected chi connectivity index (χ2v) is 4.97. The van der Waals surface area contributed by atoms with E-state index < -0.39 is 11.8 Å². The van der Waals surface area contributed by atoms with Crippen LogP contribution in [0.4, 0.5) is 11.4 Å². The summed E-state index contributed by atoms with van der Waals surface area (Å²) in [7, 11) is 0. The molecule has 2 heterocycles. The van der Waals surface area contributed by atoms with E-state index in [-0.39, 0.29) is 12.8 Å². The highest BCUT2D eigenvalue weighted by molar-refractivity contribution is 6.04. The van der Waals surface area contributed by atoms with Gasteiger partial charge in [0.1, 0.15) is 22.4 Å². The Balaban J connectivity index is 2.13. The van der Waals surface area contributed by atoms with E-state index in [0.717, 1.165) is 0 Å². The normalized spacial score (nSPS) is 17.0. The van der Waals surface area contributed by atoms with Crippen molar-refractivity contribution in [3.8, 4) is 0 Å². The number of rotatable bonds is 0. The number of hydrogen-bond acceptors (Lipinski definition) is 4. The molecule has 0 saturated heterocycles. The summed E-state index contributed by atoms with van der Waals surface area (Å²) in [5, 5.41) is 1.08. The molecular formula is C14H8N2O4+2. The number of carbonyl (C=O) groups is 2. The first-order valence-electron chi connectivity index (χ1n) is 6.15. The summed E-state index contributed by atoms with van der Waals surface area (Å²) >= 11 is 0. The quantitative estimate of drug-likeness (QED) is 0.683. The highest BCUT2D eigenvalue weighted by Gasteiger charge is 2.44. The van der Waals surface area contributed by atoms with Gasteiger partial charge in [0.25, 0.3) is 11.4 Å². The molecule has 20 heavy (non-hydrogen) atoms. The Hall–Kier alpha value is -2.76. The number of hydrogen-bond donors (Lipinski definition) is 0. The minimum Gasteiger partial charge on any atom is -0.214 e. The molecule has 0 unspecified atom stereocenters. The Bertz CT molecular complexity index is 809. The van der Waals surface area contributed by atoms with Gasteiger partial charge < -0.3 is 0 Å².